The summed E-state index contributed by atoms with van der Waals surface area (Å²) in [5, 5.41) is 0. The molecule has 0 aliphatic carbocycles. The van der Waals surface area contributed by atoms with E-state index >= 15 is 0 Å². The Labute approximate surface area is 149 Å². The van der Waals surface area contributed by atoms with Crippen LogP contribution in [0.4, 0.5) is 10.1 Å². The molecule has 0 unspecified atom stereocenters. The van der Waals surface area contributed by atoms with Crippen molar-refractivity contribution in [3.63, 3.8) is 0 Å². The first kappa shape index (κ1) is 18.9. The first-order chi connectivity index (χ1) is 12.4. The van der Waals surface area contributed by atoms with E-state index in [0.29, 0.717) is 5.56 Å². The van der Waals surface area contributed by atoms with Crippen LogP contribution < -0.4 is 15.8 Å². The molecule has 2 aromatic carbocycles. The first-order valence-corrected chi connectivity index (χ1v) is 7.66. The van der Waals surface area contributed by atoms with E-state index in [4.69, 9.17) is 4.74 Å². The van der Waals surface area contributed by atoms with Gasteiger partial charge in [0.25, 0.3) is 11.8 Å². The standard InChI is InChI=1S/C18H18FN3O4/c1-22(2)13-7-5-6-12(10-13)18(25)26-11-16(23)20-21-17(24)14-8-3-4-9-15(14)19/h3-10H,11H2,1-2H3,(H,20,23)(H,21,24). The molecule has 0 aromatic heterocycles. The summed E-state index contributed by atoms with van der Waals surface area (Å²) in [6.07, 6.45) is 0. The van der Waals surface area contributed by atoms with Crippen LogP contribution in [0, 0.1) is 5.82 Å². The zero-order valence-electron chi connectivity index (χ0n) is 14.3. The predicted octanol–water partition coefficient (Wildman–Crippen LogP) is 1.51. The third-order valence-corrected chi connectivity index (χ3v) is 3.37. The fourth-order valence-electron chi connectivity index (χ4n) is 2.00. The number of nitrogens with one attached hydrogen (secondary N) is 2. The zero-order valence-corrected chi connectivity index (χ0v) is 14.3. The Hall–Kier alpha value is -3.42. The second kappa shape index (κ2) is 8.61. The molecule has 7 nitrogen and oxygen atoms in total. The highest BCUT2D eigenvalue weighted by Gasteiger charge is 2.14. The Morgan fingerprint density at radius 3 is 2.46 bits per heavy atom. The zero-order chi connectivity index (χ0) is 19.1. The van der Waals surface area contributed by atoms with Gasteiger partial charge in [0.2, 0.25) is 0 Å². The number of hydrazine groups is 1. The van der Waals surface area contributed by atoms with E-state index in [1.807, 2.05) is 25.1 Å². The fourth-order valence-corrected chi connectivity index (χ4v) is 2.00. The molecule has 0 radical (unpaired) electrons. The molecule has 0 fully saturated rings. The number of carbonyl (C=O) groups excluding carboxylic acids is 3. The SMILES string of the molecule is CN(C)c1cccc(C(=O)OCC(=O)NNC(=O)c2ccccc2F)c1. The van der Waals surface area contributed by atoms with Gasteiger partial charge in [-0.2, -0.15) is 0 Å². The number of amides is 2. The average molecular weight is 359 g/mol. The van der Waals surface area contributed by atoms with Gasteiger partial charge in [-0.15, -0.1) is 0 Å². The number of hydrogen-bond donors (Lipinski definition) is 2. The van der Waals surface area contributed by atoms with Gasteiger partial charge in [-0.05, 0) is 30.3 Å². The molecule has 2 amide bonds. The van der Waals surface area contributed by atoms with Crippen molar-refractivity contribution in [3.8, 4) is 0 Å². The molecular weight excluding hydrogens is 341 g/mol. The van der Waals surface area contributed by atoms with E-state index in [2.05, 4.69) is 10.9 Å². The molecule has 2 aromatic rings. The number of rotatable bonds is 5. The summed E-state index contributed by atoms with van der Waals surface area (Å²) in [7, 11) is 3.66. The molecule has 0 atom stereocenters. The van der Waals surface area contributed by atoms with Crippen LogP contribution in [-0.2, 0) is 9.53 Å². The quantitative estimate of drug-likeness (QED) is 0.624. The Bertz CT molecular complexity index is 824. The number of halogens is 1. The summed E-state index contributed by atoms with van der Waals surface area (Å²) in [6, 6.07) is 12.0. The van der Waals surface area contributed by atoms with Crippen molar-refractivity contribution >= 4 is 23.5 Å². The molecule has 0 aliphatic rings. The molecule has 0 heterocycles. The Balaban J connectivity index is 1.83. The lowest BCUT2D eigenvalue weighted by molar-refractivity contribution is -0.125. The third-order valence-electron chi connectivity index (χ3n) is 3.37. The van der Waals surface area contributed by atoms with Gasteiger partial charge in [0, 0.05) is 19.8 Å². The number of carbonyl (C=O) groups is 3. The molecule has 0 saturated carbocycles. The van der Waals surface area contributed by atoms with Crippen molar-refractivity contribution in [1.82, 2.24) is 10.9 Å². The molecule has 8 heteroatoms. The maximum atomic E-state index is 13.4. The maximum absolute atomic E-state index is 13.4. The van der Waals surface area contributed by atoms with Crippen LogP contribution in [0.1, 0.15) is 20.7 Å². The fraction of sp³-hybridized carbons (Fsp3) is 0.167. The van der Waals surface area contributed by atoms with E-state index in [1.165, 1.54) is 18.2 Å². The number of nitrogens with zero attached hydrogens (tertiary/aromatic N) is 1. The van der Waals surface area contributed by atoms with Crippen LogP contribution in [-0.4, -0.2) is 38.5 Å². The second-order valence-corrected chi connectivity index (χ2v) is 5.50. The number of benzene rings is 2. The van der Waals surface area contributed by atoms with Gasteiger partial charge >= 0.3 is 5.97 Å². The van der Waals surface area contributed by atoms with Crippen LogP contribution in [0.15, 0.2) is 48.5 Å². The summed E-state index contributed by atoms with van der Waals surface area (Å²) < 4.78 is 18.3. The summed E-state index contributed by atoms with van der Waals surface area (Å²) in [5.74, 6) is -2.97. The van der Waals surface area contributed by atoms with Crippen LogP contribution >= 0.6 is 0 Å². The number of anilines is 1. The van der Waals surface area contributed by atoms with Crippen LogP contribution in [0.3, 0.4) is 0 Å². The molecule has 0 bridgehead atoms. The van der Waals surface area contributed by atoms with Gasteiger partial charge in [0.15, 0.2) is 6.61 Å². The third kappa shape index (κ3) is 5.04. The van der Waals surface area contributed by atoms with Gasteiger partial charge in [-0.3, -0.25) is 20.4 Å². The number of esters is 1. The van der Waals surface area contributed by atoms with Crippen LogP contribution in [0.5, 0.6) is 0 Å². The van der Waals surface area contributed by atoms with Crippen molar-refractivity contribution in [2.45, 2.75) is 0 Å². The first-order valence-electron chi connectivity index (χ1n) is 7.66. The van der Waals surface area contributed by atoms with Crippen molar-refractivity contribution in [3.05, 3.63) is 65.5 Å². The van der Waals surface area contributed by atoms with E-state index in [1.54, 1.807) is 18.2 Å². The van der Waals surface area contributed by atoms with Crippen LogP contribution in [0.25, 0.3) is 0 Å². The van der Waals surface area contributed by atoms with Crippen molar-refractivity contribution in [1.29, 1.82) is 0 Å². The minimum Gasteiger partial charge on any atom is -0.452 e. The van der Waals surface area contributed by atoms with Gasteiger partial charge in [-0.1, -0.05) is 18.2 Å². The molecule has 26 heavy (non-hydrogen) atoms. The molecule has 2 rings (SSSR count). The largest absolute Gasteiger partial charge is 0.452 e. The van der Waals surface area contributed by atoms with E-state index < -0.39 is 30.2 Å². The van der Waals surface area contributed by atoms with Gasteiger partial charge in [-0.25, -0.2) is 9.18 Å². The topological polar surface area (TPSA) is 87.7 Å². The Morgan fingerprint density at radius 1 is 1.04 bits per heavy atom. The lowest BCUT2D eigenvalue weighted by atomic mass is 10.2. The minimum absolute atomic E-state index is 0.217. The summed E-state index contributed by atoms with van der Waals surface area (Å²) in [6.45, 7) is -0.595. The predicted molar refractivity (Wildman–Crippen MR) is 93.1 cm³/mol. The molecular formula is C18H18FN3O4. The van der Waals surface area contributed by atoms with Gasteiger partial charge < -0.3 is 9.64 Å². The maximum Gasteiger partial charge on any atom is 0.338 e. The molecule has 2 N–H and O–H groups in total. The number of hydrogen-bond acceptors (Lipinski definition) is 5. The molecule has 0 saturated heterocycles. The van der Waals surface area contributed by atoms with E-state index in [-0.39, 0.29) is 5.56 Å². The summed E-state index contributed by atoms with van der Waals surface area (Å²) in [4.78, 5) is 37.2. The Morgan fingerprint density at radius 2 is 1.77 bits per heavy atom. The highest BCUT2D eigenvalue weighted by molar-refractivity contribution is 5.96. The Kier molecular flexibility index (Phi) is 6.26. The van der Waals surface area contributed by atoms with Crippen molar-refractivity contribution in [2.75, 3.05) is 25.6 Å². The van der Waals surface area contributed by atoms with E-state index in [0.717, 1.165) is 11.8 Å². The van der Waals surface area contributed by atoms with Gasteiger partial charge in [0.05, 0.1) is 11.1 Å². The minimum atomic E-state index is -0.818. The molecule has 0 spiro atoms. The number of ether oxygens (including phenoxy) is 1. The average Bonchev–Trinajstić information content (AvgIpc) is 2.64. The lowest BCUT2D eigenvalue weighted by Gasteiger charge is -2.13. The summed E-state index contributed by atoms with van der Waals surface area (Å²) in [5.41, 5.74) is 4.98. The second-order valence-electron chi connectivity index (χ2n) is 5.50. The van der Waals surface area contributed by atoms with E-state index in [9.17, 15) is 18.8 Å². The highest BCUT2D eigenvalue weighted by Crippen LogP contribution is 2.14. The summed E-state index contributed by atoms with van der Waals surface area (Å²) >= 11 is 0. The van der Waals surface area contributed by atoms with Crippen LogP contribution in [0.2, 0.25) is 0 Å². The lowest BCUT2D eigenvalue weighted by Crippen LogP contribution is -2.43. The van der Waals surface area contributed by atoms with Crippen molar-refractivity contribution in [2.24, 2.45) is 0 Å². The normalized spacial score (nSPS) is 9.96. The van der Waals surface area contributed by atoms with Gasteiger partial charge in [0.1, 0.15) is 5.82 Å². The highest BCUT2D eigenvalue weighted by atomic mass is 19.1. The molecule has 136 valence electrons. The van der Waals surface area contributed by atoms with Crippen molar-refractivity contribution < 1.29 is 23.5 Å². The monoisotopic (exact) mass is 359 g/mol. The molecule has 0 aliphatic heterocycles. The smallest absolute Gasteiger partial charge is 0.338 e.